The number of hydrogen-bond acceptors (Lipinski definition) is 1. The maximum absolute atomic E-state index is 12.9. The molecule has 2 aromatic carbocycles. The van der Waals surface area contributed by atoms with Crippen molar-refractivity contribution in [1.82, 2.24) is 5.32 Å². The molecular weight excluding hydrogens is 237 g/mol. The van der Waals surface area contributed by atoms with Crippen molar-refractivity contribution in [2.45, 2.75) is 33.4 Å². The van der Waals surface area contributed by atoms with Crippen molar-refractivity contribution in [2.24, 2.45) is 0 Å². The van der Waals surface area contributed by atoms with E-state index in [1.807, 2.05) is 12.1 Å². The molecule has 0 fully saturated rings. The fourth-order valence-electron chi connectivity index (χ4n) is 2.12. The Labute approximate surface area is 114 Å². The van der Waals surface area contributed by atoms with Crippen molar-refractivity contribution in [1.29, 1.82) is 0 Å². The van der Waals surface area contributed by atoms with E-state index in [1.54, 1.807) is 0 Å². The van der Waals surface area contributed by atoms with Crippen molar-refractivity contribution in [3.63, 3.8) is 0 Å². The van der Waals surface area contributed by atoms with E-state index < -0.39 is 0 Å². The standard InChI is InChI=1S/C17H20FN/c1-12-4-5-13(2)16(10-12)11-19-14(3)15-6-8-17(18)9-7-15/h4-10,14,19H,11H2,1-3H3. The van der Waals surface area contributed by atoms with Crippen LogP contribution >= 0.6 is 0 Å². The highest BCUT2D eigenvalue weighted by Gasteiger charge is 2.06. The maximum Gasteiger partial charge on any atom is 0.123 e. The predicted molar refractivity (Wildman–Crippen MR) is 77.6 cm³/mol. The van der Waals surface area contributed by atoms with Gasteiger partial charge in [-0.3, -0.25) is 0 Å². The second kappa shape index (κ2) is 5.98. The summed E-state index contributed by atoms with van der Waals surface area (Å²) in [6.45, 7) is 7.15. The molecule has 2 heteroatoms. The summed E-state index contributed by atoms with van der Waals surface area (Å²) in [6.07, 6.45) is 0. The topological polar surface area (TPSA) is 12.0 Å². The molecule has 1 atom stereocenters. The number of hydrogen-bond donors (Lipinski definition) is 1. The van der Waals surface area contributed by atoms with Crippen molar-refractivity contribution < 1.29 is 4.39 Å². The molecule has 100 valence electrons. The second-order valence-electron chi connectivity index (χ2n) is 5.08. The van der Waals surface area contributed by atoms with Crippen LogP contribution in [0.3, 0.4) is 0 Å². The number of halogens is 1. The molecular formula is C17H20FN. The zero-order chi connectivity index (χ0) is 13.8. The molecule has 0 aliphatic rings. The van der Waals surface area contributed by atoms with E-state index in [9.17, 15) is 4.39 Å². The molecule has 0 radical (unpaired) electrons. The number of aryl methyl sites for hydroxylation is 2. The summed E-state index contributed by atoms with van der Waals surface area (Å²) in [5.41, 5.74) is 4.99. The molecule has 19 heavy (non-hydrogen) atoms. The lowest BCUT2D eigenvalue weighted by molar-refractivity contribution is 0.570. The fourth-order valence-corrected chi connectivity index (χ4v) is 2.12. The summed E-state index contributed by atoms with van der Waals surface area (Å²) < 4.78 is 12.9. The van der Waals surface area contributed by atoms with Crippen molar-refractivity contribution in [3.05, 3.63) is 70.5 Å². The molecule has 0 spiro atoms. The normalized spacial score (nSPS) is 12.4. The third kappa shape index (κ3) is 3.65. The first kappa shape index (κ1) is 13.8. The van der Waals surface area contributed by atoms with Gasteiger partial charge in [0.1, 0.15) is 5.82 Å². The molecule has 0 heterocycles. The molecule has 1 N–H and O–H groups in total. The van der Waals surface area contributed by atoms with E-state index in [0.717, 1.165) is 12.1 Å². The lowest BCUT2D eigenvalue weighted by Gasteiger charge is -2.16. The summed E-state index contributed by atoms with van der Waals surface area (Å²) in [6, 6.07) is 13.4. The van der Waals surface area contributed by atoms with E-state index in [-0.39, 0.29) is 11.9 Å². The molecule has 0 amide bonds. The fraction of sp³-hybridized carbons (Fsp3) is 0.294. The minimum absolute atomic E-state index is 0.189. The zero-order valence-corrected chi connectivity index (χ0v) is 11.7. The van der Waals surface area contributed by atoms with Gasteiger partial charge in [-0.25, -0.2) is 4.39 Å². The smallest absolute Gasteiger partial charge is 0.123 e. The van der Waals surface area contributed by atoms with Gasteiger partial charge < -0.3 is 5.32 Å². The third-order valence-electron chi connectivity index (χ3n) is 3.47. The van der Waals surface area contributed by atoms with Crippen LogP contribution in [0.2, 0.25) is 0 Å². The molecule has 0 aliphatic heterocycles. The molecule has 0 bridgehead atoms. The Morgan fingerprint density at radius 1 is 1.05 bits per heavy atom. The Morgan fingerprint density at radius 3 is 2.42 bits per heavy atom. The molecule has 0 saturated heterocycles. The monoisotopic (exact) mass is 257 g/mol. The Balaban J connectivity index is 2.02. The van der Waals surface area contributed by atoms with Crippen LogP contribution in [0.5, 0.6) is 0 Å². The quantitative estimate of drug-likeness (QED) is 0.861. The van der Waals surface area contributed by atoms with E-state index in [4.69, 9.17) is 0 Å². The highest BCUT2D eigenvalue weighted by atomic mass is 19.1. The summed E-state index contributed by atoms with van der Waals surface area (Å²) in [4.78, 5) is 0. The summed E-state index contributed by atoms with van der Waals surface area (Å²) >= 11 is 0. The van der Waals surface area contributed by atoms with Gasteiger partial charge in [-0.15, -0.1) is 0 Å². The molecule has 0 aromatic heterocycles. The first-order chi connectivity index (χ1) is 9.06. The van der Waals surface area contributed by atoms with Gasteiger partial charge in [0, 0.05) is 12.6 Å². The molecule has 1 unspecified atom stereocenters. The molecule has 2 aromatic rings. The van der Waals surface area contributed by atoms with Gasteiger partial charge in [-0.05, 0) is 49.6 Å². The molecule has 0 aliphatic carbocycles. The first-order valence-electron chi connectivity index (χ1n) is 6.61. The first-order valence-corrected chi connectivity index (χ1v) is 6.61. The Kier molecular flexibility index (Phi) is 4.33. The predicted octanol–water partition coefficient (Wildman–Crippen LogP) is 4.29. The van der Waals surface area contributed by atoms with Crippen LogP contribution in [-0.2, 0) is 6.54 Å². The average Bonchev–Trinajstić information content (AvgIpc) is 2.40. The Bertz CT molecular complexity index is 546. The van der Waals surface area contributed by atoms with Crippen LogP contribution in [0.25, 0.3) is 0 Å². The van der Waals surface area contributed by atoms with Gasteiger partial charge in [0.15, 0.2) is 0 Å². The van der Waals surface area contributed by atoms with Gasteiger partial charge in [0.25, 0.3) is 0 Å². The summed E-state index contributed by atoms with van der Waals surface area (Å²) in [5.74, 6) is -0.189. The van der Waals surface area contributed by atoms with Crippen LogP contribution in [0.15, 0.2) is 42.5 Å². The Hall–Kier alpha value is -1.67. The van der Waals surface area contributed by atoms with Crippen molar-refractivity contribution >= 4 is 0 Å². The van der Waals surface area contributed by atoms with Crippen LogP contribution in [-0.4, -0.2) is 0 Å². The largest absolute Gasteiger partial charge is 0.306 e. The maximum atomic E-state index is 12.9. The van der Waals surface area contributed by atoms with Gasteiger partial charge in [-0.2, -0.15) is 0 Å². The lowest BCUT2D eigenvalue weighted by atomic mass is 10.0. The van der Waals surface area contributed by atoms with E-state index in [1.165, 1.54) is 28.8 Å². The average molecular weight is 257 g/mol. The van der Waals surface area contributed by atoms with Gasteiger partial charge in [0.05, 0.1) is 0 Å². The molecule has 2 rings (SSSR count). The Morgan fingerprint density at radius 2 is 1.74 bits per heavy atom. The van der Waals surface area contributed by atoms with Crippen LogP contribution in [0.1, 0.15) is 35.2 Å². The minimum atomic E-state index is -0.189. The summed E-state index contributed by atoms with van der Waals surface area (Å²) in [7, 11) is 0. The zero-order valence-electron chi connectivity index (χ0n) is 11.7. The second-order valence-corrected chi connectivity index (χ2v) is 5.08. The van der Waals surface area contributed by atoms with Gasteiger partial charge in [-0.1, -0.05) is 35.9 Å². The van der Waals surface area contributed by atoms with Gasteiger partial charge in [0.2, 0.25) is 0 Å². The van der Waals surface area contributed by atoms with E-state index >= 15 is 0 Å². The highest BCUT2D eigenvalue weighted by molar-refractivity contribution is 5.30. The number of nitrogens with one attached hydrogen (secondary N) is 1. The highest BCUT2D eigenvalue weighted by Crippen LogP contribution is 2.15. The number of rotatable bonds is 4. The van der Waals surface area contributed by atoms with Crippen LogP contribution in [0.4, 0.5) is 4.39 Å². The number of benzene rings is 2. The van der Waals surface area contributed by atoms with Crippen LogP contribution < -0.4 is 5.32 Å². The lowest BCUT2D eigenvalue weighted by Crippen LogP contribution is -2.18. The van der Waals surface area contributed by atoms with Gasteiger partial charge >= 0.3 is 0 Å². The van der Waals surface area contributed by atoms with Crippen LogP contribution in [0, 0.1) is 19.7 Å². The minimum Gasteiger partial charge on any atom is -0.306 e. The van der Waals surface area contributed by atoms with E-state index in [0.29, 0.717) is 0 Å². The molecule has 1 nitrogen and oxygen atoms in total. The van der Waals surface area contributed by atoms with Crippen molar-refractivity contribution in [2.75, 3.05) is 0 Å². The van der Waals surface area contributed by atoms with E-state index in [2.05, 4.69) is 44.3 Å². The SMILES string of the molecule is Cc1ccc(C)c(CNC(C)c2ccc(F)cc2)c1. The third-order valence-corrected chi connectivity index (χ3v) is 3.47. The summed E-state index contributed by atoms with van der Waals surface area (Å²) in [5, 5.41) is 3.48. The molecule has 0 saturated carbocycles. The van der Waals surface area contributed by atoms with Crippen molar-refractivity contribution in [3.8, 4) is 0 Å².